The standard InChI is InChI=1S/C12H22N2O4/c1-7-4-5-8(2)14(7)9(3)11(16)13-10(6-15)12(17)18/h7-10,15H,4-6H2,1-3H3,(H,13,16)(H,17,18). The van der Waals surface area contributed by atoms with Gasteiger partial charge in [-0.05, 0) is 33.6 Å². The lowest BCUT2D eigenvalue weighted by Crippen LogP contribution is -2.53. The van der Waals surface area contributed by atoms with Crippen molar-refractivity contribution in [3.8, 4) is 0 Å². The van der Waals surface area contributed by atoms with Crippen LogP contribution in [-0.4, -0.2) is 57.8 Å². The van der Waals surface area contributed by atoms with Gasteiger partial charge in [0.1, 0.15) is 6.04 Å². The second-order valence-corrected chi connectivity index (χ2v) is 4.98. The van der Waals surface area contributed by atoms with Crippen LogP contribution in [0.4, 0.5) is 0 Å². The molecule has 0 aromatic carbocycles. The van der Waals surface area contributed by atoms with Gasteiger partial charge >= 0.3 is 5.97 Å². The van der Waals surface area contributed by atoms with Crippen molar-refractivity contribution in [2.45, 2.75) is 57.8 Å². The summed E-state index contributed by atoms with van der Waals surface area (Å²) in [6.07, 6.45) is 2.09. The van der Waals surface area contributed by atoms with Crippen LogP contribution in [0.15, 0.2) is 0 Å². The quantitative estimate of drug-likeness (QED) is 0.636. The number of carbonyl (C=O) groups excluding carboxylic acids is 1. The Labute approximate surface area is 107 Å². The number of likely N-dealkylation sites (tertiary alicyclic amines) is 1. The minimum Gasteiger partial charge on any atom is -0.480 e. The molecule has 1 rings (SSSR count). The molecule has 1 aliphatic rings. The lowest BCUT2D eigenvalue weighted by atomic mass is 10.2. The maximum absolute atomic E-state index is 12.0. The zero-order chi connectivity index (χ0) is 13.9. The summed E-state index contributed by atoms with van der Waals surface area (Å²) in [7, 11) is 0. The van der Waals surface area contributed by atoms with E-state index in [0.29, 0.717) is 12.1 Å². The van der Waals surface area contributed by atoms with Crippen LogP contribution in [0.2, 0.25) is 0 Å². The highest BCUT2D eigenvalue weighted by Crippen LogP contribution is 2.25. The molecule has 0 bridgehead atoms. The molecular formula is C12H22N2O4. The third-order valence-electron chi connectivity index (χ3n) is 3.64. The fourth-order valence-corrected chi connectivity index (χ4v) is 2.59. The largest absolute Gasteiger partial charge is 0.480 e. The van der Waals surface area contributed by atoms with Gasteiger partial charge in [-0.2, -0.15) is 0 Å². The molecule has 6 nitrogen and oxygen atoms in total. The number of amides is 1. The predicted molar refractivity (Wildman–Crippen MR) is 66.1 cm³/mol. The van der Waals surface area contributed by atoms with Crippen LogP contribution in [0, 0.1) is 0 Å². The summed E-state index contributed by atoms with van der Waals surface area (Å²) in [6, 6.07) is -0.977. The van der Waals surface area contributed by atoms with Gasteiger partial charge < -0.3 is 15.5 Å². The zero-order valence-corrected chi connectivity index (χ0v) is 11.1. The normalized spacial score (nSPS) is 27.8. The van der Waals surface area contributed by atoms with Crippen molar-refractivity contribution in [1.82, 2.24) is 10.2 Å². The molecule has 104 valence electrons. The molecule has 0 radical (unpaired) electrons. The van der Waals surface area contributed by atoms with Gasteiger partial charge in [-0.25, -0.2) is 4.79 Å². The summed E-state index contributed by atoms with van der Waals surface area (Å²) >= 11 is 0. The maximum atomic E-state index is 12.0. The Hall–Kier alpha value is -1.14. The summed E-state index contributed by atoms with van der Waals surface area (Å²) in [4.78, 5) is 24.8. The fraction of sp³-hybridized carbons (Fsp3) is 0.833. The van der Waals surface area contributed by atoms with Gasteiger partial charge in [0.05, 0.1) is 12.6 Å². The molecule has 1 heterocycles. The average Bonchev–Trinajstić information content (AvgIpc) is 2.64. The second-order valence-electron chi connectivity index (χ2n) is 4.98. The van der Waals surface area contributed by atoms with E-state index < -0.39 is 18.6 Å². The Bertz CT molecular complexity index is 311. The maximum Gasteiger partial charge on any atom is 0.328 e. The van der Waals surface area contributed by atoms with Crippen LogP contribution in [0.25, 0.3) is 0 Å². The SMILES string of the molecule is CC1CCC(C)N1C(C)C(=O)NC(CO)C(=O)O. The first-order chi connectivity index (χ1) is 8.38. The minimum absolute atomic E-state index is 0.318. The lowest BCUT2D eigenvalue weighted by Gasteiger charge is -2.32. The van der Waals surface area contributed by atoms with Crippen LogP contribution in [0.1, 0.15) is 33.6 Å². The van der Waals surface area contributed by atoms with E-state index in [2.05, 4.69) is 24.1 Å². The van der Waals surface area contributed by atoms with Gasteiger partial charge in [0.15, 0.2) is 0 Å². The first kappa shape index (κ1) is 14.9. The molecule has 0 spiro atoms. The number of rotatable bonds is 5. The van der Waals surface area contributed by atoms with E-state index in [1.165, 1.54) is 0 Å². The summed E-state index contributed by atoms with van der Waals surface area (Å²) in [5.41, 5.74) is 0. The molecule has 18 heavy (non-hydrogen) atoms. The zero-order valence-electron chi connectivity index (χ0n) is 11.1. The Kier molecular flexibility index (Phi) is 5.10. The van der Waals surface area contributed by atoms with Gasteiger partial charge in [-0.1, -0.05) is 0 Å². The molecule has 1 saturated heterocycles. The topological polar surface area (TPSA) is 89.9 Å². The van der Waals surface area contributed by atoms with E-state index >= 15 is 0 Å². The van der Waals surface area contributed by atoms with Crippen LogP contribution in [0.5, 0.6) is 0 Å². The molecule has 1 aliphatic heterocycles. The van der Waals surface area contributed by atoms with Crippen LogP contribution >= 0.6 is 0 Å². The second kappa shape index (κ2) is 6.15. The predicted octanol–water partition coefficient (Wildman–Crippen LogP) is -0.191. The Balaban J connectivity index is 2.63. The average molecular weight is 258 g/mol. The van der Waals surface area contributed by atoms with E-state index in [0.717, 1.165) is 12.8 Å². The third-order valence-corrected chi connectivity index (χ3v) is 3.64. The van der Waals surface area contributed by atoms with Crippen LogP contribution < -0.4 is 5.32 Å². The monoisotopic (exact) mass is 258 g/mol. The molecule has 0 aromatic heterocycles. The van der Waals surface area contributed by atoms with Crippen LogP contribution in [0.3, 0.4) is 0 Å². The molecule has 4 unspecified atom stereocenters. The van der Waals surface area contributed by atoms with Gasteiger partial charge in [0.25, 0.3) is 0 Å². The minimum atomic E-state index is -1.23. The summed E-state index contributed by atoms with van der Waals surface area (Å²) in [5, 5.41) is 20.0. The number of hydrogen-bond donors (Lipinski definition) is 3. The van der Waals surface area contributed by atoms with Crippen molar-refractivity contribution >= 4 is 11.9 Å². The highest BCUT2D eigenvalue weighted by atomic mass is 16.4. The van der Waals surface area contributed by atoms with Gasteiger partial charge in [0.2, 0.25) is 5.91 Å². The number of aliphatic hydroxyl groups excluding tert-OH is 1. The van der Waals surface area contributed by atoms with Crippen molar-refractivity contribution < 1.29 is 19.8 Å². The lowest BCUT2D eigenvalue weighted by molar-refractivity contribution is -0.143. The Morgan fingerprint density at radius 3 is 2.22 bits per heavy atom. The molecule has 1 fully saturated rings. The van der Waals surface area contributed by atoms with Gasteiger partial charge in [-0.3, -0.25) is 9.69 Å². The number of hydrogen-bond acceptors (Lipinski definition) is 4. The number of carboxylic acids is 1. The van der Waals surface area contributed by atoms with E-state index in [-0.39, 0.29) is 11.9 Å². The number of nitrogens with one attached hydrogen (secondary N) is 1. The smallest absolute Gasteiger partial charge is 0.328 e. The highest BCUT2D eigenvalue weighted by molar-refractivity contribution is 5.86. The van der Waals surface area contributed by atoms with Crippen molar-refractivity contribution in [3.05, 3.63) is 0 Å². The summed E-state index contributed by atoms with van der Waals surface area (Å²) in [5.74, 6) is -1.57. The molecule has 0 saturated carbocycles. The van der Waals surface area contributed by atoms with Crippen molar-refractivity contribution in [3.63, 3.8) is 0 Å². The van der Waals surface area contributed by atoms with Crippen LogP contribution in [-0.2, 0) is 9.59 Å². The van der Waals surface area contributed by atoms with E-state index in [1.807, 2.05) is 0 Å². The first-order valence-corrected chi connectivity index (χ1v) is 6.30. The fourth-order valence-electron chi connectivity index (χ4n) is 2.59. The van der Waals surface area contributed by atoms with Gasteiger partial charge in [-0.15, -0.1) is 0 Å². The van der Waals surface area contributed by atoms with Gasteiger partial charge in [0, 0.05) is 12.1 Å². The third kappa shape index (κ3) is 3.20. The number of carboxylic acid groups (broad SMARTS) is 1. The van der Waals surface area contributed by atoms with E-state index in [1.54, 1.807) is 6.92 Å². The molecule has 6 heteroatoms. The number of carbonyl (C=O) groups is 2. The van der Waals surface area contributed by atoms with Crippen molar-refractivity contribution in [1.29, 1.82) is 0 Å². The number of aliphatic carboxylic acids is 1. The number of nitrogens with zero attached hydrogens (tertiary/aromatic N) is 1. The molecule has 0 aromatic rings. The Morgan fingerprint density at radius 2 is 1.83 bits per heavy atom. The Morgan fingerprint density at radius 1 is 1.33 bits per heavy atom. The highest BCUT2D eigenvalue weighted by Gasteiger charge is 2.35. The molecule has 0 aliphatic carbocycles. The molecular weight excluding hydrogens is 236 g/mol. The molecule has 1 amide bonds. The van der Waals surface area contributed by atoms with Crippen molar-refractivity contribution in [2.24, 2.45) is 0 Å². The summed E-state index contributed by atoms with van der Waals surface area (Å²) in [6.45, 7) is 5.30. The van der Waals surface area contributed by atoms with Crippen molar-refractivity contribution in [2.75, 3.05) is 6.61 Å². The van der Waals surface area contributed by atoms with E-state index in [9.17, 15) is 9.59 Å². The number of aliphatic hydroxyl groups is 1. The first-order valence-electron chi connectivity index (χ1n) is 6.30. The molecule has 4 atom stereocenters. The van der Waals surface area contributed by atoms with E-state index in [4.69, 9.17) is 10.2 Å². The summed E-state index contributed by atoms with van der Waals surface area (Å²) < 4.78 is 0. The molecule has 3 N–H and O–H groups in total.